The lowest BCUT2D eigenvalue weighted by molar-refractivity contribution is 0.737. The molecule has 1 saturated heterocycles. The first-order valence-corrected chi connectivity index (χ1v) is 5.92. The van der Waals surface area contributed by atoms with E-state index < -0.39 is 0 Å². The molecule has 0 aromatic heterocycles. The molecule has 0 bridgehead atoms. The smallest absolute Gasteiger partial charge is 0.0230 e. The van der Waals surface area contributed by atoms with E-state index in [0.29, 0.717) is 0 Å². The van der Waals surface area contributed by atoms with E-state index >= 15 is 0 Å². The molecule has 1 N–H and O–H groups in total. The fraction of sp³-hybridized carbons (Fsp3) is 0.800. The quantitative estimate of drug-likeness (QED) is 0.659. The van der Waals surface area contributed by atoms with Crippen molar-refractivity contribution in [2.24, 2.45) is 0 Å². The van der Waals surface area contributed by atoms with Gasteiger partial charge in [0.15, 0.2) is 0 Å². The van der Waals surface area contributed by atoms with Gasteiger partial charge in [0, 0.05) is 17.0 Å². The van der Waals surface area contributed by atoms with Gasteiger partial charge >= 0.3 is 0 Å². The van der Waals surface area contributed by atoms with E-state index in [9.17, 15) is 0 Å². The molecule has 1 heterocycles. The normalized spacial score (nSPS) is 35.7. The Balaban J connectivity index is 1.77. The Morgan fingerprint density at radius 2 is 2.33 bits per heavy atom. The van der Waals surface area contributed by atoms with Crippen molar-refractivity contribution in [1.82, 2.24) is 5.32 Å². The van der Waals surface area contributed by atoms with Crippen LogP contribution in [0.4, 0.5) is 0 Å². The van der Waals surface area contributed by atoms with Crippen molar-refractivity contribution in [2.45, 2.75) is 36.2 Å². The Morgan fingerprint density at radius 1 is 1.33 bits per heavy atom. The standard InChI is InChI=1S/C10H17NS/c1-2-4-9(5-3-1)12-10-6-7-11-8-10/h2,4,9-11H,1,3,5-8H2/t9-,10?/m1/s1. The Bertz CT molecular complexity index is 161. The van der Waals surface area contributed by atoms with Crippen molar-refractivity contribution in [1.29, 1.82) is 0 Å². The summed E-state index contributed by atoms with van der Waals surface area (Å²) in [6.45, 7) is 2.46. The number of hydrogen-bond acceptors (Lipinski definition) is 2. The van der Waals surface area contributed by atoms with Crippen molar-refractivity contribution < 1.29 is 0 Å². The number of hydrogen-bond donors (Lipinski definition) is 1. The fourth-order valence-corrected chi connectivity index (χ4v) is 3.35. The third kappa shape index (κ3) is 2.27. The molecule has 1 fully saturated rings. The first kappa shape index (κ1) is 8.64. The van der Waals surface area contributed by atoms with Gasteiger partial charge in [-0.25, -0.2) is 0 Å². The van der Waals surface area contributed by atoms with E-state index in [-0.39, 0.29) is 0 Å². The second kappa shape index (κ2) is 4.33. The Morgan fingerprint density at radius 3 is 3.00 bits per heavy atom. The average Bonchev–Trinajstić information content (AvgIpc) is 2.59. The van der Waals surface area contributed by atoms with Gasteiger partial charge in [0.25, 0.3) is 0 Å². The largest absolute Gasteiger partial charge is 0.316 e. The topological polar surface area (TPSA) is 12.0 Å². The first-order chi connectivity index (χ1) is 5.95. The van der Waals surface area contributed by atoms with Crippen LogP contribution in [0.25, 0.3) is 0 Å². The lowest BCUT2D eigenvalue weighted by atomic mass is 10.1. The summed E-state index contributed by atoms with van der Waals surface area (Å²) in [6, 6.07) is 0. The van der Waals surface area contributed by atoms with E-state index in [0.717, 1.165) is 10.5 Å². The van der Waals surface area contributed by atoms with E-state index in [1.54, 1.807) is 0 Å². The number of thioether (sulfide) groups is 1. The minimum absolute atomic E-state index is 0.823. The lowest BCUT2D eigenvalue weighted by Gasteiger charge is -2.19. The minimum atomic E-state index is 0.823. The fourth-order valence-electron chi connectivity index (χ4n) is 1.89. The Hall–Kier alpha value is 0.0500. The summed E-state index contributed by atoms with van der Waals surface area (Å²) in [6.07, 6.45) is 10.2. The van der Waals surface area contributed by atoms with E-state index in [1.807, 2.05) is 0 Å². The molecule has 2 heteroatoms. The maximum absolute atomic E-state index is 3.42. The molecule has 0 amide bonds. The van der Waals surface area contributed by atoms with Crippen molar-refractivity contribution >= 4 is 11.8 Å². The van der Waals surface area contributed by atoms with Crippen LogP contribution in [0.2, 0.25) is 0 Å². The highest BCUT2D eigenvalue weighted by Crippen LogP contribution is 2.29. The maximum Gasteiger partial charge on any atom is 0.0230 e. The molecule has 1 nitrogen and oxygen atoms in total. The van der Waals surface area contributed by atoms with Crippen molar-refractivity contribution in [3.8, 4) is 0 Å². The summed E-state index contributed by atoms with van der Waals surface area (Å²) in [5.74, 6) is 0. The summed E-state index contributed by atoms with van der Waals surface area (Å²) in [4.78, 5) is 0. The molecule has 1 aliphatic heterocycles. The highest BCUT2D eigenvalue weighted by atomic mass is 32.2. The van der Waals surface area contributed by atoms with Gasteiger partial charge in [-0.3, -0.25) is 0 Å². The van der Waals surface area contributed by atoms with E-state index in [2.05, 4.69) is 29.2 Å². The van der Waals surface area contributed by atoms with Crippen molar-refractivity contribution in [2.75, 3.05) is 13.1 Å². The molecule has 0 saturated carbocycles. The molecule has 1 unspecified atom stereocenters. The predicted octanol–water partition coefficient (Wildman–Crippen LogP) is 2.19. The molecular formula is C10H17NS. The number of allylic oxidation sites excluding steroid dienone is 1. The zero-order chi connectivity index (χ0) is 8.23. The summed E-state index contributed by atoms with van der Waals surface area (Å²) in [5, 5.41) is 5.13. The molecular weight excluding hydrogens is 166 g/mol. The van der Waals surface area contributed by atoms with Gasteiger partial charge in [-0.15, -0.1) is 11.8 Å². The van der Waals surface area contributed by atoms with Gasteiger partial charge < -0.3 is 5.32 Å². The number of rotatable bonds is 2. The first-order valence-electron chi connectivity index (χ1n) is 4.98. The Kier molecular flexibility index (Phi) is 3.12. The highest BCUT2D eigenvalue weighted by Gasteiger charge is 2.19. The third-order valence-electron chi connectivity index (χ3n) is 2.59. The van der Waals surface area contributed by atoms with Gasteiger partial charge in [0.1, 0.15) is 0 Å². The van der Waals surface area contributed by atoms with Gasteiger partial charge in [-0.05, 0) is 32.2 Å². The van der Waals surface area contributed by atoms with Gasteiger partial charge in [-0.2, -0.15) is 0 Å². The van der Waals surface area contributed by atoms with E-state index in [1.165, 1.54) is 38.8 Å². The minimum Gasteiger partial charge on any atom is -0.316 e. The second-order valence-corrected chi connectivity index (χ2v) is 5.19. The summed E-state index contributed by atoms with van der Waals surface area (Å²) in [5.41, 5.74) is 0. The van der Waals surface area contributed by atoms with Gasteiger partial charge in [-0.1, -0.05) is 12.2 Å². The molecule has 0 radical (unpaired) electrons. The third-order valence-corrected chi connectivity index (χ3v) is 4.12. The van der Waals surface area contributed by atoms with Crippen molar-refractivity contribution in [3.05, 3.63) is 12.2 Å². The number of nitrogens with one attached hydrogen (secondary N) is 1. The highest BCUT2D eigenvalue weighted by molar-refractivity contribution is 8.00. The second-order valence-electron chi connectivity index (χ2n) is 3.65. The van der Waals surface area contributed by atoms with Crippen LogP contribution in [0.5, 0.6) is 0 Å². The molecule has 2 aliphatic rings. The monoisotopic (exact) mass is 183 g/mol. The molecule has 0 aromatic carbocycles. The van der Waals surface area contributed by atoms with Crippen LogP contribution in [-0.4, -0.2) is 23.6 Å². The maximum atomic E-state index is 3.42. The lowest BCUT2D eigenvalue weighted by Crippen LogP contribution is -2.14. The Labute approximate surface area is 79.0 Å². The molecule has 2 rings (SSSR count). The van der Waals surface area contributed by atoms with Crippen LogP contribution >= 0.6 is 11.8 Å². The van der Waals surface area contributed by atoms with Crippen LogP contribution in [0, 0.1) is 0 Å². The molecule has 0 spiro atoms. The summed E-state index contributed by atoms with van der Waals surface area (Å²) in [7, 11) is 0. The van der Waals surface area contributed by atoms with Gasteiger partial charge in [0.2, 0.25) is 0 Å². The van der Waals surface area contributed by atoms with Crippen LogP contribution in [0.3, 0.4) is 0 Å². The molecule has 2 atom stereocenters. The molecule has 68 valence electrons. The van der Waals surface area contributed by atoms with Crippen LogP contribution in [-0.2, 0) is 0 Å². The molecule has 12 heavy (non-hydrogen) atoms. The zero-order valence-corrected chi connectivity index (χ0v) is 8.28. The van der Waals surface area contributed by atoms with Crippen molar-refractivity contribution in [3.63, 3.8) is 0 Å². The molecule has 0 aromatic rings. The van der Waals surface area contributed by atoms with E-state index in [4.69, 9.17) is 0 Å². The van der Waals surface area contributed by atoms with Gasteiger partial charge in [0.05, 0.1) is 0 Å². The average molecular weight is 183 g/mol. The predicted molar refractivity (Wildman–Crippen MR) is 55.6 cm³/mol. The zero-order valence-electron chi connectivity index (χ0n) is 7.46. The summed E-state index contributed by atoms with van der Waals surface area (Å²) >= 11 is 2.18. The SMILES string of the molecule is C1=C[C@@H](SC2CCNC2)CCC1. The van der Waals surface area contributed by atoms with Crippen LogP contribution in [0.1, 0.15) is 25.7 Å². The summed E-state index contributed by atoms with van der Waals surface area (Å²) < 4.78 is 0. The van der Waals surface area contributed by atoms with Crippen LogP contribution < -0.4 is 5.32 Å². The molecule has 1 aliphatic carbocycles. The van der Waals surface area contributed by atoms with Crippen LogP contribution in [0.15, 0.2) is 12.2 Å².